The van der Waals surface area contributed by atoms with Gasteiger partial charge >= 0.3 is 0 Å². The molecule has 1 fully saturated rings. The highest BCUT2D eigenvalue weighted by atomic mass is 35.5. The van der Waals surface area contributed by atoms with Gasteiger partial charge in [-0.05, 0) is 25.0 Å². The van der Waals surface area contributed by atoms with E-state index in [1.807, 2.05) is 0 Å². The summed E-state index contributed by atoms with van der Waals surface area (Å²) in [4.78, 5) is 12.5. The summed E-state index contributed by atoms with van der Waals surface area (Å²) in [5, 5.41) is 2.97. The van der Waals surface area contributed by atoms with Crippen LogP contribution in [0.1, 0.15) is 35.4 Å². The van der Waals surface area contributed by atoms with E-state index in [2.05, 4.69) is 5.32 Å². The van der Waals surface area contributed by atoms with Gasteiger partial charge in [0.25, 0.3) is 5.91 Å². The molecule has 0 unspecified atom stereocenters. The zero-order valence-corrected chi connectivity index (χ0v) is 11.8. The predicted molar refractivity (Wildman–Crippen MR) is 73.3 cm³/mol. The molecule has 94 valence electrons. The summed E-state index contributed by atoms with van der Waals surface area (Å²) < 4.78 is 0.642. The van der Waals surface area contributed by atoms with Gasteiger partial charge in [-0.15, -0.1) is 22.9 Å². The van der Waals surface area contributed by atoms with Crippen molar-refractivity contribution in [1.82, 2.24) is 5.32 Å². The predicted octanol–water partition coefficient (Wildman–Crippen LogP) is 3.93. The molecular formula is C12H15Cl2NOS. The molecule has 1 heterocycles. The summed E-state index contributed by atoms with van der Waals surface area (Å²) in [5.41, 5.74) is 0.109. The lowest BCUT2D eigenvalue weighted by molar-refractivity contribution is 0.0939. The van der Waals surface area contributed by atoms with Gasteiger partial charge in [0.05, 0.1) is 9.21 Å². The SMILES string of the molecule is O=C(NCC1(CCl)CCCC1)c1ccc(Cl)s1. The second-order valence-electron chi connectivity index (χ2n) is 4.63. The third kappa shape index (κ3) is 3.15. The number of halogens is 2. The maximum absolute atomic E-state index is 11.9. The maximum atomic E-state index is 11.9. The monoisotopic (exact) mass is 291 g/mol. The van der Waals surface area contributed by atoms with Crippen molar-refractivity contribution >= 4 is 40.4 Å². The molecule has 1 aliphatic rings. The van der Waals surface area contributed by atoms with Crippen LogP contribution in [0.25, 0.3) is 0 Å². The first kappa shape index (κ1) is 13.2. The summed E-state index contributed by atoms with van der Waals surface area (Å²) >= 11 is 13.1. The molecule has 2 nitrogen and oxygen atoms in total. The molecule has 1 aliphatic carbocycles. The number of hydrogen-bond donors (Lipinski definition) is 1. The Labute approximate surface area is 115 Å². The second-order valence-corrected chi connectivity index (χ2v) is 6.61. The van der Waals surface area contributed by atoms with Gasteiger partial charge in [-0.2, -0.15) is 0 Å². The maximum Gasteiger partial charge on any atom is 0.261 e. The Morgan fingerprint density at radius 1 is 1.41 bits per heavy atom. The van der Waals surface area contributed by atoms with Gasteiger partial charge < -0.3 is 5.32 Å². The largest absolute Gasteiger partial charge is 0.351 e. The van der Waals surface area contributed by atoms with Crippen LogP contribution in [-0.2, 0) is 0 Å². The smallest absolute Gasteiger partial charge is 0.261 e. The Hall–Kier alpha value is -0.250. The summed E-state index contributed by atoms with van der Waals surface area (Å²) in [7, 11) is 0. The Kier molecular flexibility index (Phi) is 4.34. The van der Waals surface area contributed by atoms with Gasteiger partial charge in [0, 0.05) is 17.8 Å². The van der Waals surface area contributed by atoms with Crippen LogP contribution >= 0.6 is 34.5 Å². The van der Waals surface area contributed by atoms with Gasteiger partial charge in [0.1, 0.15) is 0 Å². The summed E-state index contributed by atoms with van der Waals surface area (Å²) in [5.74, 6) is 0.580. The highest BCUT2D eigenvalue weighted by Gasteiger charge is 2.33. The molecule has 0 radical (unpaired) electrons. The molecule has 1 aromatic heterocycles. The van der Waals surface area contributed by atoms with Gasteiger partial charge in [0.2, 0.25) is 0 Å². The number of nitrogens with one attached hydrogen (secondary N) is 1. The fourth-order valence-corrected chi connectivity index (χ4v) is 3.60. The molecule has 1 N–H and O–H groups in total. The molecule has 0 saturated heterocycles. The Morgan fingerprint density at radius 3 is 2.65 bits per heavy atom. The van der Waals surface area contributed by atoms with Crippen molar-refractivity contribution in [3.05, 3.63) is 21.3 Å². The fraction of sp³-hybridized carbons (Fsp3) is 0.583. The van der Waals surface area contributed by atoms with E-state index in [4.69, 9.17) is 23.2 Å². The lowest BCUT2D eigenvalue weighted by atomic mass is 9.88. The first-order valence-electron chi connectivity index (χ1n) is 5.75. The van der Waals surface area contributed by atoms with Crippen molar-refractivity contribution in [2.24, 2.45) is 5.41 Å². The van der Waals surface area contributed by atoms with Crippen LogP contribution in [0.4, 0.5) is 0 Å². The Balaban J connectivity index is 1.91. The first-order valence-corrected chi connectivity index (χ1v) is 7.48. The lowest BCUT2D eigenvalue weighted by Gasteiger charge is -2.26. The van der Waals surface area contributed by atoms with Crippen molar-refractivity contribution < 1.29 is 4.79 Å². The molecule has 0 spiro atoms. The first-order chi connectivity index (χ1) is 8.15. The highest BCUT2D eigenvalue weighted by molar-refractivity contribution is 7.17. The molecule has 17 heavy (non-hydrogen) atoms. The molecule has 0 atom stereocenters. The number of carbonyl (C=O) groups excluding carboxylic acids is 1. The van der Waals surface area contributed by atoms with Crippen molar-refractivity contribution in [1.29, 1.82) is 0 Å². The highest BCUT2D eigenvalue weighted by Crippen LogP contribution is 2.38. The van der Waals surface area contributed by atoms with Gasteiger partial charge in [0.15, 0.2) is 0 Å². The number of alkyl halides is 1. The number of thiophene rings is 1. The van der Waals surface area contributed by atoms with Crippen molar-refractivity contribution in [2.75, 3.05) is 12.4 Å². The molecule has 1 amide bonds. The Bertz CT molecular complexity index is 399. The second kappa shape index (κ2) is 5.59. The zero-order chi connectivity index (χ0) is 12.3. The van der Waals surface area contributed by atoms with Crippen molar-refractivity contribution in [2.45, 2.75) is 25.7 Å². The van der Waals surface area contributed by atoms with Crippen LogP contribution in [0.3, 0.4) is 0 Å². The zero-order valence-electron chi connectivity index (χ0n) is 9.47. The van der Waals surface area contributed by atoms with Crippen LogP contribution in [0.5, 0.6) is 0 Å². The molecule has 2 rings (SSSR count). The normalized spacial score (nSPS) is 18.2. The molecule has 5 heteroatoms. The van der Waals surface area contributed by atoms with E-state index >= 15 is 0 Å². The summed E-state index contributed by atoms with van der Waals surface area (Å²) in [6, 6.07) is 3.50. The van der Waals surface area contributed by atoms with E-state index < -0.39 is 0 Å². The number of carbonyl (C=O) groups is 1. The molecule has 1 saturated carbocycles. The molecule has 0 aliphatic heterocycles. The van der Waals surface area contributed by atoms with E-state index in [1.165, 1.54) is 24.2 Å². The average molecular weight is 292 g/mol. The van der Waals surface area contributed by atoms with E-state index in [-0.39, 0.29) is 11.3 Å². The lowest BCUT2D eigenvalue weighted by Crippen LogP contribution is -2.36. The van der Waals surface area contributed by atoms with E-state index in [9.17, 15) is 4.79 Å². The van der Waals surface area contributed by atoms with E-state index in [0.29, 0.717) is 21.6 Å². The third-order valence-electron chi connectivity index (χ3n) is 3.37. The van der Waals surface area contributed by atoms with Crippen molar-refractivity contribution in [3.63, 3.8) is 0 Å². The minimum Gasteiger partial charge on any atom is -0.351 e. The molecule has 1 aromatic rings. The van der Waals surface area contributed by atoms with Crippen LogP contribution in [-0.4, -0.2) is 18.3 Å². The minimum atomic E-state index is -0.0432. The molecule has 0 aromatic carbocycles. The molecule has 0 bridgehead atoms. The topological polar surface area (TPSA) is 29.1 Å². The Morgan fingerprint density at radius 2 is 2.12 bits per heavy atom. The van der Waals surface area contributed by atoms with Crippen molar-refractivity contribution in [3.8, 4) is 0 Å². The number of rotatable bonds is 4. The van der Waals surface area contributed by atoms with Crippen LogP contribution in [0.15, 0.2) is 12.1 Å². The van der Waals surface area contributed by atoms with Crippen LogP contribution in [0.2, 0.25) is 4.34 Å². The summed E-state index contributed by atoms with van der Waals surface area (Å²) in [6.45, 7) is 0.671. The van der Waals surface area contributed by atoms with Crippen LogP contribution < -0.4 is 5.32 Å². The van der Waals surface area contributed by atoms with Gasteiger partial charge in [-0.3, -0.25) is 4.79 Å². The third-order valence-corrected chi connectivity index (χ3v) is 5.17. The number of hydrogen-bond acceptors (Lipinski definition) is 2. The molecular weight excluding hydrogens is 277 g/mol. The minimum absolute atomic E-state index is 0.0432. The standard InChI is InChI=1S/C12H15Cl2NOS/c13-7-12(5-1-2-6-12)8-15-11(16)9-3-4-10(14)17-9/h3-4H,1-2,5-8H2,(H,15,16). The average Bonchev–Trinajstić information content (AvgIpc) is 2.95. The summed E-state index contributed by atoms with van der Waals surface area (Å²) in [6.07, 6.45) is 4.66. The van der Waals surface area contributed by atoms with Gasteiger partial charge in [-0.1, -0.05) is 24.4 Å². The quantitative estimate of drug-likeness (QED) is 0.837. The van der Waals surface area contributed by atoms with E-state index in [1.54, 1.807) is 12.1 Å². The van der Waals surface area contributed by atoms with Crippen LogP contribution in [0, 0.1) is 5.41 Å². The number of amides is 1. The fourth-order valence-electron chi connectivity index (χ4n) is 2.27. The van der Waals surface area contributed by atoms with Gasteiger partial charge in [-0.25, -0.2) is 0 Å². The van der Waals surface area contributed by atoms with E-state index in [0.717, 1.165) is 12.8 Å².